The highest BCUT2D eigenvalue weighted by Crippen LogP contribution is 2.50. The van der Waals surface area contributed by atoms with E-state index in [1.807, 2.05) is 0 Å². The van der Waals surface area contributed by atoms with Gasteiger partial charge in [0.1, 0.15) is 0 Å². The minimum Gasteiger partial charge on any atom is -0.0787 e. The molecule has 0 unspecified atom stereocenters. The largest absolute Gasteiger partial charge is 0.0787 e. The maximum Gasteiger partial charge on any atom is 0.0571 e. The quantitative estimate of drug-likeness (QED) is 0.646. The molecule has 0 spiro atoms. The number of hydrogen-bond acceptors (Lipinski definition) is 0. The van der Waals surface area contributed by atoms with Gasteiger partial charge in [0.15, 0.2) is 0 Å². The summed E-state index contributed by atoms with van der Waals surface area (Å²) in [5.74, 6) is 0. The van der Waals surface area contributed by atoms with Crippen LogP contribution in [0.25, 0.3) is 6.08 Å². The molecule has 1 aromatic rings. The molecule has 0 amide bonds. The summed E-state index contributed by atoms with van der Waals surface area (Å²) in [7, 11) is -2.68. The summed E-state index contributed by atoms with van der Waals surface area (Å²) in [6, 6.07) is 4.61. The lowest BCUT2D eigenvalue weighted by molar-refractivity contribution is 0.966. The van der Waals surface area contributed by atoms with Gasteiger partial charge in [-0.15, -0.1) is 0 Å². The summed E-state index contributed by atoms with van der Waals surface area (Å²) in [5, 5.41) is 0. The lowest BCUT2D eigenvalue weighted by atomic mass is 9.99. The average molecular weight is 289 g/mol. The Morgan fingerprint density at radius 2 is 1.26 bits per heavy atom. The SMILES string of the molecule is Cc1ccc(C)c2c1C=CC2([Si](C)(C)C)[Si](C)(C)C. The van der Waals surface area contributed by atoms with Crippen molar-refractivity contribution in [1.29, 1.82) is 0 Å². The van der Waals surface area contributed by atoms with Crippen molar-refractivity contribution in [3.05, 3.63) is 40.5 Å². The van der Waals surface area contributed by atoms with E-state index < -0.39 is 16.1 Å². The molecule has 1 aliphatic carbocycles. The van der Waals surface area contributed by atoms with Crippen LogP contribution in [0, 0.1) is 13.8 Å². The molecule has 0 atom stereocenters. The minimum atomic E-state index is -1.34. The van der Waals surface area contributed by atoms with Crippen LogP contribution in [0.4, 0.5) is 0 Å². The molecule has 2 rings (SSSR count). The Kier molecular flexibility index (Phi) is 3.26. The maximum absolute atomic E-state index is 2.59. The smallest absolute Gasteiger partial charge is 0.0571 e. The minimum absolute atomic E-state index is 0.380. The number of allylic oxidation sites excluding steroid dienone is 1. The first-order chi connectivity index (χ1) is 8.52. The first-order valence-corrected chi connectivity index (χ1v) is 14.3. The highest BCUT2D eigenvalue weighted by atomic mass is 28.4. The molecule has 0 bridgehead atoms. The molecule has 0 N–H and O–H groups in total. The molecule has 0 heterocycles. The zero-order valence-electron chi connectivity index (χ0n) is 13.8. The number of aryl methyl sites for hydroxylation is 2. The van der Waals surface area contributed by atoms with Crippen LogP contribution in [0.2, 0.25) is 39.3 Å². The van der Waals surface area contributed by atoms with Crippen molar-refractivity contribution in [3.8, 4) is 0 Å². The summed E-state index contributed by atoms with van der Waals surface area (Å²) in [4.78, 5) is 0. The molecular weight excluding hydrogens is 260 g/mol. The second-order valence-electron chi connectivity index (χ2n) is 8.13. The molecule has 0 saturated carbocycles. The Hall–Kier alpha value is -0.606. The Morgan fingerprint density at radius 1 is 0.789 bits per heavy atom. The third kappa shape index (κ3) is 1.91. The Morgan fingerprint density at radius 3 is 1.74 bits per heavy atom. The van der Waals surface area contributed by atoms with Crippen molar-refractivity contribution in [3.63, 3.8) is 0 Å². The van der Waals surface area contributed by atoms with Gasteiger partial charge < -0.3 is 0 Å². The first-order valence-electron chi connectivity index (χ1n) is 7.32. The lowest BCUT2D eigenvalue weighted by Crippen LogP contribution is -2.62. The van der Waals surface area contributed by atoms with E-state index in [0.29, 0.717) is 4.66 Å². The van der Waals surface area contributed by atoms with Gasteiger partial charge in [0.2, 0.25) is 0 Å². The average Bonchev–Trinajstić information content (AvgIpc) is 2.64. The van der Waals surface area contributed by atoms with Crippen molar-refractivity contribution in [1.82, 2.24) is 0 Å². The summed E-state index contributed by atoms with van der Waals surface area (Å²) < 4.78 is 0.380. The van der Waals surface area contributed by atoms with Crippen LogP contribution in [0.15, 0.2) is 18.2 Å². The summed E-state index contributed by atoms with van der Waals surface area (Å²) in [6.07, 6.45) is 5.02. The van der Waals surface area contributed by atoms with Crippen molar-refractivity contribution in [2.24, 2.45) is 0 Å². The molecule has 0 fully saturated rings. The fraction of sp³-hybridized carbons (Fsp3) is 0.529. The summed E-state index contributed by atoms with van der Waals surface area (Å²) >= 11 is 0. The molecule has 0 aromatic heterocycles. The number of rotatable bonds is 2. The third-order valence-corrected chi connectivity index (χ3v) is 15.0. The van der Waals surface area contributed by atoms with Gasteiger partial charge in [0.25, 0.3) is 0 Å². The summed E-state index contributed by atoms with van der Waals surface area (Å²) in [6.45, 7) is 19.9. The molecular formula is C17H28Si2. The Labute approximate surface area is 121 Å². The zero-order chi connectivity index (χ0) is 14.6. The fourth-order valence-corrected chi connectivity index (χ4v) is 16.6. The lowest BCUT2D eigenvalue weighted by Gasteiger charge is -2.50. The van der Waals surface area contributed by atoms with Crippen molar-refractivity contribution >= 4 is 22.2 Å². The molecule has 0 radical (unpaired) electrons. The van der Waals surface area contributed by atoms with E-state index in [1.165, 1.54) is 16.7 Å². The van der Waals surface area contributed by atoms with Gasteiger partial charge in [-0.1, -0.05) is 63.6 Å². The maximum atomic E-state index is 2.59. The Bertz CT molecular complexity index is 526. The predicted molar refractivity (Wildman–Crippen MR) is 93.3 cm³/mol. The predicted octanol–water partition coefficient (Wildman–Crippen LogP) is 5.32. The van der Waals surface area contributed by atoms with Gasteiger partial charge in [-0.25, -0.2) is 0 Å². The van der Waals surface area contributed by atoms with Crippen molar-refractivity contribution in [2.75, 3.05) is 0 Å². The standard InChI is InChI=1S/C17H28Si2/c1-13-9-10-14(2)16-15(13)11-12-17(16,18(3,4)5)19(6,7)8/h9-12H,1-8H3. The van der Waals surface area contributed by atoms with Crippen LogP contribution >= 0.6 is 0 Å². The van der Waals surface area contributed by atoms with Gasteiger partial charge in [0.05, 0.1) is 16.1 Å². The monoisotopic (exact) mass is 288 g/mol. The molecule has 0 saturated heterocycles. The van der Waals surface area contributed by atoms with Gasteiger partial charge in [-0.05, 0) is 36.1 Å². The molecule has 19 heavy (non-hydrogen) atoms. The van der Waals surface area contributed by atoms with Crippen LogP contribution in [0.3, 0.4) is 0 Å². The molecule has 1 aliphatic rings. The second-order valence-corrected chi connectivity index (χ2v) is 19.2. The Balaban J connectivity index is 2.87. The second kappa shape index (κ2) is 4.19. The fourth-order valence-electron chi connectivity index (χ4n) is 4.24. The number of hydrogen-bond donors (Lipinski definition) is 0. The van der Waals surface area contributed by atoms with Crippen molar-refractivity contribution < 1.29 is 0 Å². The van der Waals surface area contributed by atoms with Gasteiger partial charge >= 0.3 is 0 Å². The van der Waals surface area contributed by atoms with Crippen LogP contribution in [0.1, 0.15) is 22.3 Å². The summed E-state index contributed by atoms with van der Waals surface area (Å²) in [5.41, 5.74) is 6.13. The van der Waals surface area contributed by atoms with E-state index in [2.05, 4.69) is 77.4 Å². The normalized spacial score (nSPS) is 17.7. The van der Waals surface area contributed by atoms with E-state index in [4.69, 9.17) is 0 Å². The molecule has 1 aromatic carbocycles. The van der Waals surface area contributed by atoms with E-state index >= 15 is 0 Å². The molecule has 2 heteroatoms. The highest BCUT2D eigenvalue weighted by molar-refractivity contribution is 6.99. The van der Waals surface area contributed by atoms with E-state index in [0.717, 1.165) is 0 Å². The van der Waals surface area contributed by atoms with Crippen LogP contribution in [-0.4, -0.2) is 16.1 Å². The van der Waals surface area contributed by atoms with Crippen LogP contribution in [0.5, 0.6) is 0 Å². The van der Waals surface area contributed by atoms with E-state index in [9.17, 15) is 0 Å². The van der Waals surface area contributed by atoms with E-state index in [1.54, 1.807) is 5.56 Å². The third-order valence-electron chi connectivity index (χ3n) is 4.93. The molecule has 104 valence electrons. The molecule has 0 aliphatic heterocycles. The van der Waals surface area contributed by atoms with Gasteiger partial charge in [-0.3, -0.25) is 0 Å². The van der Waals surface area contributed by atoms with Crippen LogP contribution in [-0.2, 0) is 4.66 Å². The van der Waals surface area contributed by atoms with E-state index in [-0.39, 0.29) is 0 Å². The number of fused-ring (bicyclic) bond motifs is 1. The number of benzene rings is 1. The van der Waals surface area contributed by atoms with Crippen molar-refractivity contribution in [2.45, 2.75) is 57.8 Å². The van der Waals surface area contributed by atoms with Gasteiger partial charge in [0, 0.05) is 4.66 Å². The zero-order valence-corrected chi connectivity index (χ0v) is 15.8. The topological polar surface area (TPSA) is 0 Å². The van der Waals surface area contributed by atoms with Gasteiger partial charge in [-0.2, -0.15) is 0 Å². The molecule has 0 nitrogen and oxygen atoms in total. The van der Waals surface area contributed by atoms with Crippen LogP contribution < -0.4 is 0 Å². The highest BCUT2D eigenvalue weighted by Gasteiger charge is 2.54. The first kappa shape index (κ1) is 14.8.